The number of hydrogen-bond donors (Lipinski definition) is 1. The van der Waals surface area contributed by atoms with Crippen molar-refractivity contribution < 1.29 is 9.47 Å². The molecule has 2 rings (SSSR count). The number of fused-ring (bicyclic) bond motifs is 2. The minimum Gasteiger partial charge on any atom is -0.447 e. The molecule has 2 aliphatic rings. The molecule has 98 valence electrons. The second-order valence-corrected chi connectivity index (χ2v) is 5.03. The number of rotatable bonds is 1. The Labute approximate surface area is 111 Å². The number of hydrogen-bond acceptors (Lipinski definition) is 6. The third-order valence-electron chi connectivity index (χ3n) is 4.57. The highest BCUT2D eigenvalue weighted by molar-refractivity contribution is 5.89. The van der Waals surface area contributed by atoms with E-state index in [2.05, 4.69) is 0 Å². The highest BCUT2D eigenvalue weighted by atomic mass is 16.7. The van der Waals surface area contributed by atoms with Gasteiger partial charge in [-0.2, -0.15) is 15.8 Å². The van der Waals surface area contributed by atoms with Gasteiger partial charge in [-0.05, 0) is 6.92 Å². The van der Waals surface area contributed by atoms with Gasteiger partial charge in [0.15, 0.2) is 10.8 Å². The summed E-state index contributed by atoms with van der Waals surface area (Å²) in [6.07, 6.45) is -0.363. The van der Waals surface area contributed by atoms with Crippen molar-refractivity contribution in [2.45, 2.75) is 39.1 Å². The van der Waals surface area contributed by atoms with Crippen LogP contribution in [0.5, 0.6) is 0 Å². The Hall–Kier alpha value is -2.10. The summed E-state index contributed by atoms with van der Waals surface area (Å²) in [4.78, 5) is 0. The molecule has 0 radical (unpaired) electrons. The minimum absolute atomic E-state index is 0.336. The van der Waals surface area contributed by atoms with Crippen molar-refractivity contribution in [3.8, 4) is 18.2 Å². The maximum atomic E-state index is 9.61. The summed E-state index contributed by atoms with van der Waals surface area (Å²) < 4.78 is 11.3. The topological polar surface area (TPSA) is 114 Å². The Morgan fingerprint density at radius 2 is 1.79 bits per heavy atom. The Morgan fingerprint density at radius 3 is 2.21 bits per heavy atom. The van der Waals surface area contributed by atoms with Gasteiger partial charge in [0.25, 0.3) is 0 Å². The van der Waals surface area contributed by atoms with Gasteiger partial charge < -0.3 is 9.47 Å². The van der Waals surface area contributed by atoms with Crippen LogP contribution in [0.15, 0.2) is 0 Å². The molecule has 4 atom stereocenters. The van der Waals surface area contributed by atoms with E-state index in [1.54, 1.807) is 13.8 Å². The summed E-state index contributed by atoms with van der Waals surface area (Å²) in [6, 6.07) is 5.83. The van der Waals surface area contributed by atoms with Crippen molar-refractivity contribution >= 4 is 5.90 Å². The molecule has 1 N–H and O–H groups in total. The molecule has 0 saturated carbocycles. The normalized spacial score (nSPS) is 42.6. The molecule has 0 amide bonds. The second-order valence-electron chi connectivity index (χ2n) is 5.03. The standard InChI is InChI=1S/C13H14N4O2/c1-4-13-8(2)12(7-16,10(17)19-13)11(5-14,6-15)9(3)18-13/h8-9,17H,4H2,1-3H3. The highest BCUT2D eigenvalue weighted by Gasteiger charge is 2.77. The van der Waals surface area contributed by atoms with Crippen LogP contribution in [0.4, 0.5) is 0 Å². The van der Waals surface area contributed by atoms with Crippen molar-refractivity contribution in [1.29, 1.82) is 21.2 Å². The number of nitrogens with zero attached hydrogens (tertiary/aromatic N) is 3. The smallest absolute Gasteiger partial charge is 0.216 e. The molecule has 2 fully saturated rings. The van der Waals surface area contributed by atoms with Crippen LogP contribution >= 0.6 is 0 Å². The van der Waals surface area contributed by atoms with Gasteiger partial charge in [-0.25, -0.2) is 0 Å². The third kappa shape index (κ3) is 1.10. The first-order chi connectivity index (χ1) is 8.90. The molecular formula is C13H14N4O2. The molecule has 2 aliphatic heterocycles. The van der Waals surface area contributed by atoms with Gasteiger partial charge in [-0.1, -0.05) is 13.8 Å². The third-order valence-corrected chi connectivity index (χ3v) is 4.57. The molecule has 0 aromatic carbocycles. The van der Waals surface area contributed by atoms with Gasteiger partial charge in [0, 0.05) is 6.42 Å². The van der Waals surface area contributed by atoms with Crippen molar-refractivity contribution in [1.82, 2.24) is 0 Å². The average Bonchev–Trinajstić information content (AvgIpc) is 2.57. The maximum Gasteiger partial charge on any atom is 0.216 e. The van der Waals surface area contributed by atoms with Gasteiger partial charge in [-0.3, -0.25) is 5.41 Å². The largest absolute Gasteiger partial charge is 0.447 e. The SMILES string of the molecule is CCC12OC(=N)C(C#N)(C1C)C(C#N)(C#N)C(C)O2. The molecule has 6 heteroatoms. The summed E-state index contributed by atoms with van der Waals surface area (Å²) in [6.45, 7) is 5.11. The lowest BCUT2D eigenvalue weighted by Gasteiger charge is -2.47. The van der Waals surface area contributed by atoms with Gasteiger partial charge >= 0.3 is 0 Å². The van der Waals surface area contributed by atoms with E-state index in [1.807, 2.05) is 25.1 Å². The van der Waals surface area contributed by atoms with Crippen LogP contribution in [0, 0.1) is 56.2 Å². The van der Waals surface area contributed by atoms with Crippen LogP contribution in [-0.4, -0.2) is 17.8 Å². The predicted octanol–water partition coefficient (Wildman–Crippen LogP) is 1.70. The fraction of sp³-hybridized carbons (Fsp3) is 0.692. The fourth-order valence-electron chi connectivity index (χ4n) is 3.30. The van der Waals surface area contributed by atoms with Gasteiger partial charge in [0.05, 0.1) is 30.2 Å². The summed E-state index contributed by atoms with van der Waals surface area (Å²) >= 11 is 0. The molecule has 19 heavy (non-hydrogen) atoms. The van der Waals surface area contributed by atoms with Crippen molar-refractivity contribution in [3.63, 3.8) is 0 Å². The lowest BCUT2D eigenvalue weighted by atomic mass is 9.55. The lowest BCUT2D eigenvalue weighted by Crippen LogP contribution is -2.60. The lowest BCUT2D eigenvalue weighted by molar-refractivity contribution is -0.272. The van der Waals surface area contributed by atoms with Gasteiger partial charge in [-0.15, -0.1) is 0 Å². The Morgan fingerprint density at radius 1 is 1.21 bits per heavy atom. The van der Waals surface area contributed by atoms with Crippen LogP contribution in [0.25, 0.3) is 0 Å². The Bertz CT molecular complexity index is 553. The molecule has 0 aliphatic carbocycles. The number of nitrogens with one attached hydrogen (secondary N) is 1. The first kappa shape index (κ1) is 13.3. The van der Waals surface area contributed by atoms with E-state index in [4.69, 9.17) is 14.9 Å². The van der Waals surface area contributed by atoms with E-state index < -0.39 is 28.6 Å². The van der Waals surface area contributed by atoms with Gasteiger partial charge in [0.1, 0.15) is 0 Å². The van der Waals surface area contributed by atoms with Crippen molar-refractivity contribution in [2.24, 2.45) is 16.7 Å². The zero-order valence-corrected chi connectivity index (χ0v) is 11.0. The fourth-order valence-corrected chi connectivity index (χ4v) is 3.30. The summed E-state index contributed by atoms with van der Waals surface area (Å²) in [5, 5.41) is 36.5. The van der Waals surface area contributed by atoms with Crippen molar-refractivity contribution in [2.75, 3.05) is 0 Å². The van der Waals surface area contributed by atoms with Crippen LogP contribution in [0.1, 0.15) is 27.2 Å². The Balaban J connectivity index is 2.79. The van der Waals surface area contributed by atoms with E-state index >= 15 is 0 Å². The molecule has 6 nitrogen and oxygen atoms in total. The highest BCUT2D eigenvalue weighted by Crippen LogP contribution is 2.62. The van der Waals surface area contributed by atoms with Crippen molar-refractivity contribution in [3.05, 3.63) is 0 Å². The van der Waals surface area contributed by atoms with E-state index in [9.17, 15) is 15.8 Å². The monoisotopic (exact) mass is 258 g/mol. The van der Waals surface area contributed by atoms with Crippen LogP contribution < -0.4 is 0 Å². The summed E-state index contributed by atoms with van der Waals surface area (Å²) in [5.74, 6) is -1.99. The summed E-state index contributed by atoms with van der Waals surface area (Å²) in [7, 11) is 0. The second kappa shape index (κ2) is 3.70. The summed E-state index contributed by atoms with van der Waals surface area (Å²) in [5.41, 5.74) is -3.31. The molecule has 0 aromatic rings. The molecule has 2 heterocycles. The predicted molar refractivity (Wildman–Crippen MR) is 63.2 cm³/mol. The molecule has 4 unspecified atom stereocenters. The molecule has 0 spiro atoms. The van der Waals surface area contributed by atoms with Crippen LogP contribution in [-0.2, 0) is 9.47 Å². The maximum absolute atomic E-state index is 9.61. The first-order valence-corrected chi connectivity index (χ1v) is 6.10. The van der Waals surface area contributed by atoms with Crippen LogP contribution in [0.2, 0.25) is 0 Å². The van der Waals surface area contributed by atoms with Crippen LogP contribution in [0.3, 0.4) is 0 Å². The zero-order chi connectivity index (χ0) is 14.5. The Kier molecular flexibility index (Phi) is 2.59. The number of ether oxygens (including phenoxy) is 2. The quantitative estimate of drug-likeness (QED) is 0.768. The van der Waals surface area contributed by atoms with Gasteiger partial charge in [0.2, 0.25) is 11.7 Å². The molecular weight excluding hydrogens is 244 g/mol. The van der Waals surface area contributed by atoms with E-state index in [-0.39, 0.29) is 5.90 Å². The minimum atomic E-state index is -1.73. The molecule has 0 aromatic heterocycles. The molecule has 2 saturated heterocycles. The van der Waals surface area contributed by atoms with E-state index in [1.165, 1.54) is 0 Å². The first-order valence-electron chi connectivity index (χ1n) is 6.10. The zero-order valence-electron chi connectivity index (χ0n) is 11.0. The molecule has 2 bridgehead atoms. The van der Waals surface area contributed by atoms with E-state index in [0.717, 1.165) is 0 Å². The van der Waals surface area contributed by atoms with E-state index in [0.29, 0.717) is 6.42 Å². The number of nitriles is 3. The average molecular weight is 258 g/mol.